The summed E-state index contributed by atoms with van der Waals surface area (Å²) < 4.78 is 0.973. The monoisotopic (exact) mass is 251 g/mol. The maximum absolute atomic E-state index is 9.73. The summed E-state index contributed by atoms with van der Waals surface area (Å²) >= 11 is 3.44. The largest absolute Gasteiger partial charge is 0.507 e. The number of phenols is 1. The molecule has 2 rings (SSSR count). The Kier molecular flexibility index (Phi) is 2.44. The number of fused-ring (bicyclic) bond motifs is 1. The third-order valence-electron chi connectivity index (χ3n) is 2.22. The first kappa shape index (κ1) is 9.49. The van der Waals surface area contributed by atoms with Crippen molar-refractivity contribution in [3.63, 3.8) is 0 Å². The van der Waals surface area contributed by atoms with Crippen LogP contribution in [0, 0.1) is 0 Å². The van der Waals surface area contributed by atoms with Crippen LogP contribution in [0.2, 0.25) is 0 Å². The average Bonchev–Trinajstić information content (AvgIpc) is 2.19. The Morgan fingerprint density at radius 1 is 1.21 bits per heavy atom. The Hall–Kier alpha value is -1.06. The molecular formula is C11H10BrNO. The molecule has 2 aromatic carbocycles. The maximum atomic E-state index is 9.73. The smallest absolute Gasteiger partial charge is 0.123 e. The second-order valence-corrected chi connectivity index (χ2v) is 4.01. The highest BCUT2D eigenvalue weighted by molar-refractivity contribution is 9.10. The molecule has 3 N–H and O–H groups in total. The van der Waals surface area contributed by atoms with Crippen molar-refractivity contribution in [3.05, 3.63) is 40.4 Å². The molecule has 0 unspecified atom stereocenters. The van der Waals surface area contributed by atoms with Crippen LogP contribution in [0.5, 0.6) is 5.75 Å². The molecule has 3 heteroatoms. The molecule has 0 spiro atoms. The molecule has 0 bridgehead atoms. The first-order chi connectivity index (χ1) is 6.72. The predicted molar refractivity (Wildman–Crippen MR) is 61.2 cm³/mol. The zero-order chi connectivity index (χ0) is 10.1. The molecule has 0 aliphatic heterocycles. The summed E-state index contributed by atoms with van der Waals surface area (Å²) in [5.41, 5.74) is 6.47. The number of hydrogen-bond acceptors (Lipinski definition) is 2. The second-order valence-electron chi connectivity index (χ2n) is 3.15. The van der Waals surface area contributed by atoms with Crippen molar-refractivity contribution in [2.45, 2.75) is 6.54 Å². The van der Waals surface area contributed by atoms with Crippen molar-refractivity contribution in [2.75, 3.05) is 0 Å². The van der Waals surface area contributed by atoms with Crippen molar-refractivity contribution in [1.82, 2.24) is 0 Å². The molecule has 0 radical (unpaired) electrons. The molecule has 0 atom stereocenters. The second kappa shape index (κ2) is 3.59. The van der Waals surface area contributed by atoms with Gasteiger partial charge < -0.3 is 10.8 Å². The van der Waals surface area contributed by atoms with Gasteiger partial charge in [-0.1, -0.05) is 28.1 Å². The van der Waals surface area contributed by atoms with E-state index in [9.17, 15) is 5.11 Å². The lowest BCUT2D eigenvalue weighted by Gasteiger charge is -2.05. The quantitative estimate of drug-likeness (QED) is 0.819. The van der Waals surface area contributed by atoms with Crippen molar-refractivity contribution < 1.29 is 5.11 Å². The molecule has 0 heterocycles. The first-order valence-corrected chi connectivity index (χ1v) is 5.12. The molecule has 0 saturated heterocycles. The number of halogens is 1. The standard InChI is InChI=1S/C11H10BrNO/c12-10-3-1-2-8-9(10)4-7(6-13)5-11(8)14/h1-5,14H,6,13H2. The summed E-state index contributed by atoms with van der Waals surface area (Å²) in [5.74, 6) is 0.282. The van der Waals surface area contributed by atoms with E-state index in [1.807, 2.05) is 24.3 Å². The van der Waals surface area contributed by atoms with Crippen LogP contribution in [-0.4, -0.2) is 5.11 Å². The number of benzene rings is 2. The minimum atomic E-state index is 0.282. The molecule has 72 valence electrons. The van der Waals surface area contributed by atoms with Gasteiger partial charge in [-0.15, -0.1) is 0 Å². The van der Waals surface area contributed by atoms with E-state index in [-0.39, 0.29) is 5.75 Å². The van der Waals surface area contributed by atoms with Gasteiger partial charge in [-0.25, -0.2) is 0 Å². The van der Waals surface area contributed by atoms with Crippen LogP contribution in [0.3, 0.4) is 0 Å². The molecule has 0 saturated carbocycles. The third kappa shape index (κ3) is 1.49. The van der Waals surface area contributed by atoms with E-state index in [0.29, 0.717) is 6.54 Å². The predicted octanol–water partition coefficient (Wildman–Crippen LogP) is 2.77. The van der Waals surface area contributed by atoms with E-state index in [4.69, 9.17) is 5.73 Å². The molecule has 0 aromatic heterocycles. The number of aromatic hydroxyl groups is 1. The van der Waals surface area contributed by atoms with Crippen molar-refractivity contribution >= 4 is 26.7 Å². The zero-order valence-electron chi connectivity index (χ0n) is 7.50. The summed E-state index contributed by atoms with van der Waals surface area (Å²) in [6.45, 7) is 0.435. The fourth-order valence-electron chi connectivity index (χ4n) is 1.51. The molecule has 14 heavy (non-hydrogen) atoms. The number of nitrogens with two attached hydrogens (primary N) is 1. The van der Waals surface area contributed by atoms with Crippen molar-refractivity contribution in [3.8, 4) is 5.75 Å². The van der Waals surface area contributed by atoms with Crippen LogP contribution in [0.4, 0.5) is 0 Å². The summed E-state index contributed by atoms with van der Waals surface area (Å²) in [5, 5.41) is 11.6. The van der Waals surface area contributed by atoms with Crippen LogP contribution >= 0.6 is 15.9 Å². The average molecular weight is 252 g/mol. The lowest BCUT2D eigenvalue weighted by Crippen LogP contribution is -1.95. The highest BCUT2D eigenvalue weighted by atomic mass is 79.9. The minimum Gasteiger partial charge on any atom is -0.507 e. The van der Waals surface area contributed by atoms with Crippen LogP contribution in [-0.2, 0) is 6.54 Å². The van der Waals surface area contributed by atoms with Gasteiger partial charge in [-0.2, -0.15) is 0 Å². The lowest BCUT2D eigenvalue weighted by atomic mass is 10.1. The highest BCUT2D eigenvalue weighted by Gasteiger charge is 2.04. The van der Waals surface area contributed by atoms with Crippen molar-refractivity contribution in [2.24, 2.45) is 5.73 Å². The fourth-order valence-corrected chi connectivity index (χ4v) is 1.99. The van der Waals surface area contributed by atoms with Gasteiger partial charge in [0.25, 0.3) is 0 Å². The summed E-state index contributed by atoms with van der Waals surface area (Å²) in [4.78, 5) is 0. The maximum Gasteiger partial charge on any atom is 0.123 e. The number of rotatable bonds is 1. The third-order valence-corrected chi connectivity index (χ3v) is 2.91. The molecule has 0 amide bonds. The van der Waals surface area contributed by atoms with E-state index in [1.165, 1.54) is 0 Å². The van der Waals surface area contributed by atoms with Crippen molar-refractivity contribution in [1.29, 1.82) is 0 Å². The van der Waals surface area contributed by atoms with E-state index >= 15 is 0 Å². The van der Waals surface area contributed by atoms with Crippen LogP contribution < -0.4 is 5.73 Å². The molecule has 2 aromatic rings. The number of phenolic OH excluding ortho intramolecular Hbond substituents is 1. The van der Waals surface area contributed by atoms with Gasteiger partial charge in [0, 0.05) is 16.4 Å². The van der Waals surface area contributed by atoms with Gasteiger partial charge in [0.05, 0.1) is 0 Å². The van der Waals surface area contributed by atoms with Gasteiger partial charge in [-0.3, -0.25) is 0 Å². The van der Waals surface area contributed by atoms with Gasteiger partial charge in [0.15, 0.2) is 0 Å². The Balaban J connectivity index is 2.83. The van der Waals surface area contributed by atoms with E-state index in [2.05, 4.69) is 15.9 Å². The topological polar surface area (TPSA) is 46.2 Å². The van der Waals surface area contributed by atoms with E-state index in [0.717, 1.165) is 20.8 Å². The van der Waals surface area contributed by atoms with Gasteiger partial charge in [-0.05, 0) is 29.1 Å². The van der Waals surface area contributed by atoms with E-state index in [1.54, 1.807) is 6.07 Å². The molecule has 0 fully saturated rings. The van der Waals surface area contributed by atoms with Gasteiger partial charge >= 0.3 is 0 Å². The molecule has 0 aliphatic rings. The van der Waals surface area contributed by atoms with Crippen LogP contribution in [0.1, 0.15) is 5.56 Å². The lowest BCUT2D eigenvalue weighted by molar-refractivity contribution is 0.481. The Labute approximate surface area is 90.5 Å². The Bertz CT molecular complexity index is 482. The number of hydrogen-bond donors (Lipinski definition) is 2. The Morgan fingerprint density at radius 3 is 2.71 bits per heavy atom. The first-order valence-electron chi connectivity index (χ1n) is 4.32. The summed E-state index contributed by atoms with van der Waals surface area (Å²) in [6, 6.07) is 9.42. The normalized spacial score (nSPS) is 10.7. The summed E-state index contributed by atoms with van der Waals surface area (Å²) in [6.07, 6.45) is 0. The minimum absolute atomic E-state index is 0.282. The molecular weight excluding hydrogens is 242 g/mol. The molecule has 0 aliphatic carbocycles. The van der Waals surface area contributed by atoms with Gasteiger partial charge in [0.1, 0.15) is 5.75 Å². The Morgan fingerprint density at radius 2 is 2.00 bits per heavy atom. The highest BCUT2D eigenvalue weighted by Crippen LogP contribution is 2.31. The fraction of sp³-hybridized carbons (Fsp3) is 0.0909. The summed E-state index contributed by atoms with van der Waals surface area (Å²) in [7, 11) is 0. The van der Waals surface area contributed by atoms with Crippen LogP contribution in [0.15, 0.2) is 34.8 Å². The van der Waals surface area contributed by atoms with E-state index < -0.39 is 0 Å². The van der Waals surface area contributed by atoms with Crippen LogP contribution in [0.25, 0.3) is 10.8 Å². The van der Waals surface area contributed by atoms with Gasteiger partial charge in [0.2, 0.25) is 0 Å². The SMILES string of the molecule is NCc1cc(O)c2cccc(Br)c2c1. The zero-order valence-corrected chi connectivity index (χ0v) is 9.08. The molecule has 2 nitrogen and oxygen atoms in total.